The van der Waals surface area contributed by atoms with Crippen molar-refractivity contribution in [3.8, 4) is 11.4 Å². The SMILES string of the molecule is CCc1nc(-c2ccc3c(c2)CCC3NC(=O)OCC2CN(C(=O)O)C2)no1. The van der Waals surface area contributed by atoms with Crippen molar-refractivity contribution in [3.05, 3.63) is 35.2 Å². The molecular formula is C19H22N4O5. The molecule has 2 aliphatic rings. The molecule has 1 saturated heterocycles. The lowest BCUT2D eigenvalue weighted by molar-refractivity contribution is 0.0415. The lowest BCUT2D eigenvalue weighted by atomic mass is 10.0. The van der Waals surface area contributed by atoms with Crippen LogP contribution in [0.3, 0.4) is 0 Å². The highest BCUT2D eigenvalue weighted by molar-refractivity contribution is 5.69. The average Bonchev–Trinajstić information content (AvgIpc) is 3.27. The minimum atomic E-state index is -0.936. The molecule has 1 aliphatic carbocycles. The highest BCUT2D eigenvalue weighted by atomic mass is 16.5. The number of benzene rings is 1. The van der Waals surface area contributed by atoms with Gasteiger partial charge in [0, 0.05) is 31.0 Å². The maximum Gasteiger partial charge on any atom is 0.407 e. The lowest BCUT2D eigenvalue weighted by Crippen LogP contribution is -2.51. The maximum absolute atomic E-state index is 12.1. The third-order valence-electron chi connectivity index (χ3n) is 5.22. The van der Waals surface area contributed by atoms with Crippen LogP contribution in [-0.2, 0) is 17.6 Å². The van der Waals surface area contributed by atoms with E-state index in [-0.39, 0.29) is 18.6 Å². The second kappa shape index (κ2) is 7.49. The molecule has 4 rings (SSSR count). The number of nitrogens with zero attached hydrogens (tertiary/aromatic N) is 3. The first-order valence-electron chi connectivity index (χ1n) is 9.40. The number of ether oxygens (including phenoxy) is 1. The van der Waals surface area contributed by atoms with Crippen molar-refractivity contribution >= 4 is 12.2 Å². The summed E-state index contributed by atoms with van der Waals surface area (Å²) in [5.41, 5.74) is 3.13. The fraction of sp³-hybridized carbons (Fsp3) is 0.474. The van der Waals surface area contributed by atoms with E-state index < -0.39 is 12.2 Å². The van der Waals surface area contributed by atoms with Crippen LogP contribution in [-0.4, -0.2) is 52.0 Å². The van der Waals surface area contributed by atoms with Crippen LogP contribution < -0.4 is 5.32 Å². The smallest absolute Gasteiger partial charge is 0.407 e. The molecule has 2 heterocycles. The Bertz CT molecular complexity index is 890. The molecule has 2 N–H and O–H groups in total. The van der Waals surface area contributed by atoms with Crippen LogP contribution in [0.1, 0.15) is 36.4 Å². The molecule has 0 saturated carbocycles. The number of aromatic nitrogens is 2. The van der Waals surface area contributed by atoms with Gasteiger partial charge in [0.1, 0.15) is 0 Å². The summed E-state index contributed by atoms with van der Waals surface area (Å²) in [6.45, 7) is 3.01. The molecule has 0 radical (unpaired) electrons. The molecule has 1 aromatic carbocycles. The Morgan fingerprint density at radius 2 is 2.21 bits per heavy atom. The zero-order valence-corrected chi connectivity index (χ0v) is 15.6. The number of carbonyl (C=O) groups is 2. The number of likely N-dealkylation sites (tertiary alicyclic amines) is 1. The summed E-state index contributed by atoms with van der Waals surface area (Å²) in [6.07, 6.45) is 0.941. The summed E-state index contributed by atoms with van der Waals surface area (Å²) in [5.74, 6) is 1.25. The predicted molar refractivity (Wildman–Crippen MR) is 97.7 cm³/mol. The Labute approximate surface area is 161 Å². The van der Waals surface area contributed by atoms with Gasteiger partial charge in [0.15, 0.2) is 0 Å². The number of fused-ring (bicyclic) bond motifs is 1. The number of carbonyl (C=O) groups excluding carboxylic acids is 1. The van der Waals surface area contributed by atoms with Gasteiger partial charge in [-0.05, 0) is 30.0 Å². The molecular weight excluding hydrogens is 364 g/mol. The van der Waals surface area contributed by atoms with Crippen molar-refractivity contribution in [1.82, 2.24) is 20.4 Å². The maximum atomic E-state index is 12.1. The van der Waals surface area contributed by atoms with Crippen LogP contribution >= 0.6 is 0 Å². The molecule has 1 atom stereocenters. The normalized spacial score (nSPS) is 18.5. The van der Waals surface area contributed by atoms with Crippen LogP contribution in [0.5, 0.6) is 0 Å². The first kappa shape index (κ1) is 18.3. The molecule has 9 heteroatoms. The number of rotatable bonds is 5. The number of hydrogen-bond donors (Lipinski definition) is 2. The molecule has 0 bridgehead atoms. The third kappa shape index (κ3) is 3.64. The summed E-state index contributed by atoms with van der Waals surface area (Å²) in [6, 6.07) is 5.87. The number of hydrogen-bond acceptors (Lipinski definition) is 6. The fourth-order valence-electron chi connectivity index (χ4n) is 3.63. The van der Waals surface area contributed by atoms with Crippen molar-refractivity contribution in [2.75, 3.05) is 19.7 Å². The van der Waals surface area contributed by atoms with Gasteiger partial charge in [0.05, 0.1) is 12.6 Å². The Kier molecular flexibility index (Phi) is 4.89. The van der Waals surface area contributed by atoms with Gasteiger partial charge in [0.25, 0.3) is 0 Å². The van der Waals surface area contributed by atoms with E-state index in [1.807, 2.05) is 25.1 Å². The Morgan fingerprint density at radius 3 is 2.93 bits per heavy atom. The van der Waals surface area contributed by atoms with Crippen LogP contribution in [0.25, 0.3) is 11.4 Å². The van der Waals surface area contributed by atoms with Gasteiger partial charge >= 0.3 is 12.2 Å². The Morgan fingerprint density at radius 1 is 1.39 bits per heavy atom. The molecule has 1 unspecified atom stereocenters. The van der Waals surface area contributed by atoms with E-state index in [0.29, 0.717) is 31.2 Å². The second-order valence-electron chi connectivity index (χ2n) is 7.17. The van der Waals surface area contributed by atoms with E-state index in [4.69, 9.17) is 14.4 Å². The summed E-state index contributed by atoms with van der Waals surface area (Å²) < 4.78 is 10.4. The molecule has 2 amide bonds. The van der Waals surface area contributed by atoms with Crippen molar-refractivity contribution in [2.24, 2.45) is 5.92 Å². The van der Waals surface area contributed by atoms with Crippen LogP contribution in [0.15, 0.2) is 22.7 Å². The second-order valence-corrected chi connectivity index (χ2v) is 7.17. The predicted octanol–water partition coefficient (Wildman–Crippen LogP) is 2.62. The van der Waals surface area contributed by atoms with E-state index in [0.717, 1.165) is 29.5 Å². The van der Waals surface area contributed by atoms with Gasteiger partial charge in [0.2, 0.25) is 11.7 Å². The molecule has 1 aliphatic heterocycles. The van der Waals surface area contributed by atoms with Gasteiger partial charge in [-0.15, -0.1) is 0 Å². The number of alkyl carbamates (subject to hydrolysis) is 1. The van der Waals surface area contributed by atoms with E-state index in [9.17, 15) is 9.59 Å². The van der Waals surface area contributed by atoms with E-state index >= 15 is 0 Å². The Hall–Kier alpha value is -3.10. The van der Waals surface area contributed by atoms with E-state index in [2.05, 4.69) is 15.5 Å². The minimum Gasteiger partial charge on any atom is -0.465 e. The summed E-state index contributed by atoms with van der Waals surface area (Å²) in [7, 11) is 0. The van der Waals surface area contributed by atoms with Crippen molar-refractivity contribution in [1.29, 1.82) is 0 Å². The molecule has 148 valence electrons. The molecule has 2 aromatic rings. The summed E-state index contributed by atoms with van der Waals surface area (Å²) >= 11 is 0. The van der Waals surface area contributed by atoms with E-state index in [1.165, 1.54) is 4.90 Å². The van der Waals surface area contributed by atoms with Crippen molar-refractivity contribution < 1.29 is 24.0 Å². The Balaban J connectivity index is 1.32. The lowest BCUT2D eigenvalue weighted by Gasteiger charge is -2.36. The van der Waals surface area contributed by atoms with Gasteiger partial charge < -0.3 is 24.6 Å². The molecule has 9 nitrogen and oxygen atoms in total. The fourth-order valence-corrected chi connectivity index (χ4v) is 3.63. The van der Waals surface area contributed by atoms with Gasteiger partial charge in [-0.3, -0.25) is 0 Å². The average molecular weight is 386 g/mol. The van der Waals surface area contributed by atoms with Gasteiger partial charge in [-0.2, -0.15) is 4.98 Å². The highest BCUT2D eigenvalue weighted by Gasteiger charge is 2.32. The number of nitrogens with one attached hydrogen (secondary N) is 1. The molecule has 1 aromatic heterocycles. The largest absolute Gasteiger partial charge is 0.465 e. The minimum absolute atomic E-state index is 0.0724. The number of amides is 2. The van der Waals surface area contributed by atoms with Crippen LogP contribution in [0, 0.1) is 5.92 Å². The quantitative estimate of drug-likeness (QED) is 0.811. The van der Waals surface area contributed by atoms with Crippen LogP contribution in [0.4, 0.5) is 9.59 Å². The number of carboxylic acid groups (broad SMARTS) is 1. The van der Waals surface area contributed by atoms with Gasteiger partial charge in [-0.25, -0.2) is 9.59 Å². The third-order valence-corrected chi connectivity index (χ3v) is 5.22. The zero-order chi connectivity index (χ0) is 19.7. The monoisotopic (exact) mass is 386 g/mol. The summed E-state index contributed by atoms with van der Waals surface area (Å²) in [4.78, 5) is 28.5. The van der Waals surface area contributed by atoms with Crippen LogP contribution in [0.2, 0.25) is 0 Å². The van der Waals surface area contributed by atoms with Crippen molar-refractivity contribution in [3.63, 3.8) is 0 Å². The topological polar surface area (TPSA) is 118 Å². The molecule has 28 heavy (non-hydrogen) atoms. The zero-order valence-electron chi connectivity index (χ0n) is 15.6. The van der Waals surface area contributed by atoms with E-state index in [1.54, 1.807) is 0 Å². The first-order chi connectivity index (χ1) is 13.5. The molecule has 0 spiro atoms. The standard InChI is InChI=1S/C19H22N4O5/c1-2-16-21-17(22-28-16)13-3-5-14-12(7-13)4-6-15(14)20-18(24)27-10-11-8-23(9-11)19(25)26/h3,5,7,11,15H,2,4,6,8-10H2,1H3,(H,20,24)(H,25,26). The summed E-state index contributed by atoms with van der Waals surface area (Å²) in [5, 5.41) is 15.7. The number of aryl methyl sites for hydroxylation is 2. The van der Waals surface area contributed by atoms with Gasteiger partial charge in [-0.1, -0.05) is 24.2 Å². The first-order valence-corrected chi connectivity index (χ1v) is 9.40. The molecule has 1 fully saturated rings. The highest BCUT2D eigenvalue weighted by Crippen LogP contribution is 2.33. The van der Waals surface area contributed by atoms with Crippen molar-refractivity contribution in [2.45, 2.75) is 32.2 Å².